The fourth-order valence-corrected chi connectivity index (χ4v) is 5.66. The van der Waals surface area contributed by atoms with Crippen molar-refractivity contribution in [1.29, 1.82) is 0 Å². The van der Waals surface area contributed by atoms with Crippen LogP contribution in [0.3, 0.4) is 0 Å². The van der Waals surface area contributed by atoms with Gasteiger partial charge in [-0.2, -0.15) is 4.98 Å². The van der Waals surface area contributed by atoms with Crippen molar-refractivity contribution in [3.63, 3.8) is 0 Å². The number of aliphatic hydroxyl groups excluding tert-OH is 2. The highest BCUT2D eigenvalue weighted by Crippen LogP contribution is 2.47. The van der Waals surface area contributed by atoms with Gasteiger partial charge in [-0.25, -0.2) is 9.36 Å². The first kappa shape index (κ1) is 31.9. The van der Waals surface area contributed by atoms with E-state index < -0.39 is 44.2 Å². The van der Waals surface area contributed by atoms with Crippen molar-refractivity contribution in [2.45, 2.75) is 127 Å². The fourth-order valence-electron chi connectivity index (χ4n) is 5.09. The molecule has 0 spiro atoms. The Bertz CT molecular complexity index is 895. The average Bonchev–Trinajstić information content (AvgIpc) is 3.09. The lowest BCUT2D eigenvalue weighted by atomic mass is 9.95. The summed E-state index contributed by atoms with van der Waals surface area (Å²) < 4.78 is 23.2. The number of anilines is 1. The summed E-state index contributed by atoms with van der Waals surface area (Å²) >= 11 is 0. The van der Waals surface area contributed by atoms with Crippen molar-refractivity contribution in [1.82, 2.24) is 9.55 Å². The Kier molecular flexibility index (Phi) is 13.7. The van der Waals surface area contributed by atoms with Crippen LogP contribution in [0.15, 0.2) is 17.1 Å². The predicted octanol–water partition coefficient (Wildman–Crippen LogP) is 3.58. The average molecular weight is 548 g/mol. The highest BCUT2D eigenvalue weighted by molar-refractivity contribution is 7.46. The zero-order valence-electron chi connectivity index (χ0n) is 22.0. The molecule has 214 valence electrons. The van der Waals surface area contributed by atoms with E-state index in [0.717, 1.165) is 30.3 Å². The molecule has 11 nitrogen and oxygen atoms in total. The smallest absolute Gasteiger partial charge is 0.394 e. The Hall–Kier alpha value is -1.33. The number of hydrogen-bond donors (Lipinski definition) is 5. The molecule has 1 saturated heterocycles. The molecule has 4 atom stereocenters. The third-order valence-electron chi connectivity index (χ3n) is 7.06. The lowest BCUT2D eigenvalue weighted by Crippen LogP contribution is -2.51. The van der Waals surface area contributed by atoms with E-state index in [-0.39, 0.29) is 12.2 Å². The number of nitrogen functional groups attached to an aromatic ring is 1. The van der Waals surface area contributed by atoms with Gasteiger partial charge in [-0.05, 0) is 18.9 Å². The second kappa shape index (κ2) is 15.9. The number of aromatic nitrogens is 2. The number of aliphatic hydroxyl groups is 2. The van der Waals surface area contributed by atoms with Crippen LogP contribution in [-0.2, 0) is 19.6 Å². The van der Waals surface area contributed by atoms with Gasteiger partial charge in [0.1, 0.15) is 24.1 Å². The van der Waals surface area contributed by atoms with E-state index in [1.807, 2.05) is 0 Å². The number of phosphoric acid groups is 1. The molecular weight excluding hydrogens is 501 g/mol. The normalized spacial score (nSPS) is 24.1. The second-order valence-corrected chi connectivity index (χ2v) is 11.2. The Morgan fingerprint density at radius 3 is 2.00 bits per heavy atom. The number of hydrogen-bond acceptors (Lipinski definition) is 8. The molecule has 0 aliphatic carbocycles. The first-order chi connectivity index (χ1) is 17.6. The second-order valence-electron chi connectivity index (χ2n) is 10.0. The minimum absolute atomic E-state index is 0.0119. The zero-order valence-corrected chi connectivity index (χ0v) is 22.9. The van der Waals surface area contributed by atoms with Gasteiger partial charge in [0, 0.05) is 6.20 Å². The molecular formula is C25H46N3O8P. The predicted molar refractivity (Wildman–Crippen MR) is 141 cm³/mol. The van der Waals surface area contributed by atoms with Crippen LogP contribution in [0, 0.1) is 0 Å². The quantitative estimate of drug-likeness (QED) is 0.127. The van der Waals surface area contributed by atoms with E-state index in [1.165, 1.54) is 70.1 Å². The van der Waals surface area contributed by atoms with Crippen molar-refractivity contribution in [3.05, 3.63) is 22.7 Å². The first-order valence-corrected chi connectivity index (χ1v) is 15.2. The van der Waals surface area contributed by atoms with Crippen LogP contribution in [0.2, 0.25) is 0 Å². The summed E-state index contributed by atoms with van der Waals surface area (Å²) in [4.78, 5) is 34.9. The standard InChI is InChI=1S/C25H46N3O8P/c1-2-3-4-5-6-7-8-9-10-11-12-13-14-15-17-25(28-18-16-21(26)27-24(28)31)23(30)22(20(19-29)35-25)36-37(32,33)34/h16,18,20,22-23,29-30H,2-15,17,19H2,1H3,(H2,26,27,31)(H2,32,33,34)/t20-,22-,23-,25-/m1/s1. The van der Waals surface area contributed by atoms with Crippen molar-refractivity contribution >= 4 is 13.6 Å². The van der Waals surface area contributed by atoms with Crippen molar-refractivity contribution in [2.75, 3.05) is 12.3 Å². The lowest BCUT2D eigenvalue weighted by Gasteiger charge is -2.34. The minimum atomic E-state index is -5.01. The van der Waals surface area contributed by atoms with Crippen molar-refractivity contribution in [3.8, 4) is 0 Å². The molecule has 0 bridgehead atoms. The highest BCUT2D eigenvalue weighted by Gasteiger charge is 2.58. The van der Waals surface area contributed by atoms with Gasteiger partial charge >= 0.3 is 13.5 Å². The Balaban J connectivity index is 1.88. The molecule has 2 rings (SSSR count). The number of nitrogens with two attached hydrogens (primary N) is 1. The van der Waals surface area contributed by atoms with Crippen LogP contribution < -0.4 is 11.4 Å². The van der Waals surface area contributed by atoms with E-state index in [1.54, 1.807) is 0 Å². The van der Waals surface area contributed by atoms with Crippen molar-refractivity contribution < 1.29 is 33.8 Å². The SMILES string of the molecule is CCCCCCCCCCCCCCCC[C@@]1(n2ccc(N)nc2=O)O[C@H](CO)[C@@H](OP(=O)(O)O)[C@H]1O. The molecule has 0 amide bonds. The zero-order chi connectivity index (χ0) is 27.3. The summed E-state index contributed by atoms with van der Waals surface area (Å²) in [5.41, 5.74) is 3.12. The third kappa shape index (κ3) is 10.1. The number of unbranched alkanes of at least 4 members (excludes halogenated alkanes) is 13. The number of rotatable bonds is 19. The van der Waals surface area contributed by atoms with Gasteiger partial charge in [0.15, 0.2) is 5.72 Å². The molecule has 0 aromatic carbocycles. The summed E-state index contributed by atoms with van der Waals surface area (Å²) in [5.74, 6) is -0.0119. The molecule has 1 fully saturated rings. The van der Waals surface area contributed by atoms with Gasteiger partial charge < -0.3 is 30.5 Å². The van der Waals surface area contributed by atoms with Crippen LogP contribution >= 0.6 is 7.82 Å². The molecule has 2 heterocycles. The number of ether oxygens (including phenoxy) is 1. The van der Waals surface area contributed by atoms with Gasteiger partial charge in [-0.15, -0.1) is 0 Å². The molecule has 0 unspecified atom stereocenters. The topological polar surface area (TPSA) is 177 Å². The number of nitrogens with zero attached hydrogens (tertiary/aromatic N) is 2. The maximum atomic E-state index is 12.6. The van der Waals surface area contributed by atoms with Crippen LogP contribution in [0.1, 0.15) is 103 Å². The Labute approximate surface area is 219 Å². The van der Waals surface area contributed by atoms with Crippen LogP contribution in [0.5, 0.6) is 0 Å². The highest BCUT2D eigenvalue weighted by atomic mass is 31.2. The third-order valence-corrected chi connectivity index (χ3v) is 7.57. The fraction of sp³-hybridized carbons (Fsp3) is 0.840. The van der Waals surface area contributed by atoms with Gasteiger partial charge in [0.05, 0.1) is 6.61 Å². The Morgan fingerprint density at radius 1 is 1.03 bits per heavy atom. The van der Waals surface area contributed by atoms with Gasteiger partial charge in [0.25, 0.3) is 0 Å². The van der Waals surface area contributed by atoms with E-state index in [0.29, 0.717) is 6.42 Å². The minimum Gasteiger partial charge on any atom is -0.394 e. The summed E-state index contributed by atoms with van der Waals surface area (Å²) in [7, 11) is -5.01. The van der Waals surface area contributed by atoms with Crippen LogP contribution in [0.4, 0.5) is 5.82 Å². The van der Waals surface area contributed by atoms with Crippen LogP contribution in [0.25, 0.3) is 0 Å². The van der Waals surface area contributed by atoms with E-state index in [2.05, 4.69) is 11.9 Å². The van der Waals surface area contributed by atoms with Gasteiger partial charge in [-0.1, -0.05) is 90.4 Å². The molecule has 0 radical (unpaired) electrons. The van der Waals surface area contributed by atoms with Crippen LogP contribution in [-0.4, -0.2) is 54.5 Å². The summed E-state index contributed by atoms with van der Waals surface area (Å²) in [6, 6.07) is 1.37. The molecule has 12 heteroatoms. The van der Waals surface area contributed by atoms with E-state index in [9.17, 15) is 29.4 Å². The molecule has 1 aliphatic heterocycles. The monoisotopic (exact) mass is 547 g/mol. The molecule has 1 aromatic heterocycles. The maximum Gasteiger partial charge on any atom is 0.470 e. The first-order valence-electron chi connectivity index (χ1n) is 13.7. The molecule has 37 heavy (non-hydrogen) atoms. The molecule has 1 aromatic rings. The lowest BCUT2D eigenvalue weighted by molar-refractivity contribution is -0.156. The molecule has 1 aliphatic rings. The molecule has 0 saturated carbocycles. The number of phosphoric ester groups is 1. The summed E-state index contributed by atoms with van der Waals surface area (Å²) in [5, 5.41) is 20.8. The summed E-state index contributed by atoms with van der Waals surface area (Å²) in [6.07, 6.45) is 13.4. The van der Waals surface area contributed by atoms with E-state index >= 15 is 0 Å². The molecule has 6 N–H and O–H groups in total. The Morgan fingerprint density at radius 2 is 1.54 bits per heavy atom. The maximum absolute atomic E-state index is 12.6. The van der Waals surface area contributed by atoms with Gasteiger partial charge in [-0.3, -0.25) is 9.09 Å². The van der Waals surface area contributed by atoms with Crippen molar-refractivity contribution in [2.24, 2.45) is 0 Å². The summed E-state index contributed by atoms with van der Waals surface area (Å²) in [6.45, 7) is 1.56. The largest absolute Gasteiger partial charge is 0.470 e. The van der Waals surface area contributed by atoms with E-state index in [4.69, 9.17) is 15.0 Å². The van der Waals surface area contributed by atoms with Gasteiger partial charge in [0.2, 0.25) is 0 Å².